The predicted molar refractivity (Wildman–Crippen MR) is 85.1 cm³/mol. The summed E-state index contributed by atoms with van der Waals surface area (Å²) in [5.41, 5.74) is 1.59. The van der Waals surface area contributed by atoms with Gasteiger partial charge < -0.3 is 10.2 Å². The molecule has 1 unspecified atom stereocenters. The normalized spacial score (nSPS) is 24.5. The van der Waals surface area contributed by atoms with Crippen LogP contribution in [0.5, 0.6) is 0 Å². The molecule has 2 saturated heterocycles. The molecule has 0 amide bonds. The van der Waals surface area contributed by atoms with Crippen LogP contribution in [0.15, 0.2) is 30.6 Å². The van der Waals surface area contributed by atoms with E-state index >= 15 is 0 Å². The predicted octanol–water partition coefficient (Wildman–Crippen LogP) is 2.33. The quantitative estimate of drug-likeness (QED) is 0.680. The number of rotatable bonds is 2. The Bertz CT molecular complexity index is 740. The Kier molecular flexibility index (Phi) is 3.00. The van der Waals surface area contributed by atoms with E-state index in [1.165, 1.54) is 12.8 Å². The maximum Gasteiger partial charge on any atom is 0.278 e. The lowest BCUT2D eigenvalue weighted by atomic mass is 9.86. The summed E-state index contributed by atoms with van der Waals surface area (Å²) in [6, 6.07) is 5.38. The monoisotopic (exact) mass is 298 g/mol. The average molecular weight is 298 g/mol. The van der Waals surface area contributed by atoms with Crippen LogP contribution < -0.4 is 10.2 Å². The zero-order valence-corrected chi connectivity index (χ0v) is 12.3. The highest BCUT2D eigenvalue weighted by Gasteiger charge is 2.40. The van der Waals surface area contributed by atoms with Crippen LogP contribution in [-0.2, 0) is 0 Å². The van der Waals surface area contributed by atoms with Crippen molar-refractivity contribution >= 4 is 22.1 Å². The molecule has 1 aromatic carbocycles. The largest absolute Gasteiger partial charge is 0.370 e. The summed E-state index contributed by atoms with van der Waals surface area (Å²) in [7, 11) is 0. The van der Waals surface area contributed by atoms with Crippen LogP contribution in [0.2, 0.25) is 0 Å². The van der Waals surface area contributed by atoms with Gasteiger partial charge in [-0.15, -0.1) is 0 Å². The van der Waals surface area contributed by atoms with Crippen molar-refractivity contribution in [3.8, 4) is 0 Å². The number of non-ortho nitro benzene ring substituents is 1. The van der Waals surface area contributed by atoms with Gasteiger partial charge in [0.1, 0.15) is 0 Å². The van der Waals surface area contributed by atoms with Gasteiger partial charge in [0.25, 0.3) is 5.69 Å². The molecule has 0 bridgehead atoms. The lowest BCUT2D eigenvalue weighted by Crippen LogP contribution is -2.29. The van der Waals surface area contributed by atoms with Crippen LogP contribution >= 0.6 is 0 Å². The first-order valence-corrected chi connectivity index (χ1v) is 7.65. The van der Waals surface area contributed by atoms with Crippen molar-refractivity contribution in [3.05, 3.63) is 40.7 Å². The molecule has 2 fully saturated rings. The van der Waals surface area contributed by atoms with Crippen LogP contribution in [0, 0.1) is 15.5 Å². The van der Waals surface area contributed by atoms with Gasteiger partial charge in [0.15, 0.2) is 0 Å². The molecule has 114 valence electrons. The molecule has 2 aliphatic heterocycles. The summed E-state index contributed by atoms with van der Waals surface area (Å²) in [4.78, 5) is 17.3. The lowest BCUT2D eigenvalue weighted by molar-refractivity contribution is -0.383. The summed E-state index contributed by atoms with van der Waals surface area (Å²) >= 11 is 0. The van der Waals surface area contributed by atoms with E-state index in [1.54, 1.807) is 18.5 Å². The number of pyridine rings is 1. The van der Waals surface area contributed by atoms with E-state index in [-0.39, 0.29) is 10.6 Å². The Balaban J connectivity index is 1.77. The molecule has 0 aliphatic carbocycles. The molecular weight excluding hydrogens is 280 g/mol. The zero-order valence-electron chi connectivity index (χ0n) is 12.3. The lowest BCUT2D eigenvalue weighted by Gasteiger charge is -2.25. The van der Waals surface area contributed by atoms with Gasteiger partial charge in [0.2, 0.25) is 0 Å². The molecule has 22 heavy (non-hydrogen) atoms. The molecular formula is C16H18N4O2. The second-order valence-corrected chi connectivity index (χ2v) is 6.38. The Morgan fingerprint density at radius 2 is 2.18 bits per heavy atom. The minimum atomic E-state index is -0.333. The Morgan fingerprint density at radius 1 is 1.27 bits per heavy atom. The number of hydrogen-bond acceptors (Lipinski definition) is 5. The minimum Gasteiger partial charge on any atom is -0.370 e. The molecule has 4 rings (SSSR count). The maximum absolute atomic E-state index is 11.2. The third-order valence-electron chi connectivity index (χ3n) is 5.08. The number of anilines is 1. The van der Waals surface area contributed by atoms with Gasteiger partial charge in [-0.25, -0.2) is 0 Å². The number of nitrogens with zero attached hydrogens (tertiary/aromatic N) is 3. The van der Waals surface area contributed by atoms with Crippen molar-refractivity contribution in [2.45, 2.75) is 12.8 Å². The van der Waals surface area contributed by atoms with Crippen molar-refractivity contribution in [1.29, 1.82) is 0 Å². The van der Waals surface area contributed by atoms with Gasteiger partial charge in [0, 0.05) is 54.6 Å². The van der Waals surface area contributed by atoms with Gasteiger partial charge >= 0.3 is 0 Å². The number of benzene rings is 1. The van der Waals surface area contributed by atoms with E-state index in [0.717, 1.165) is 37.3 Å². The number of nitro benzene ring substituents is 1. The van der Waals surface area contributed by atoms with Crippen molar-refractivity contribution < 1.29 is 4.92 Å². The fourth-order valence-electron chi connectivity index (χ4n) is 3.88. The molecule has 6 heteroatoms. The molecule has 2 aromatic rings. The Hall–Kier alpha value is -2.21. The van der Waals surface area contributed by atoms with Crippen LogP contribution in [-0.4, -0.2) is 36.1 Å². The summed E-state index contributed by atoms with van der Waals surface area (Å²) in [6.45, 7) is 4.21. The fraction of sp³-hybridized carbons (Fsp3) is 0.438. The van der Waals surface area contributed by atoms with Gasteiger partial charge in [-0.3, -0.25) is 15.1 Å². The maximum atomic E-state index is 11.2. The Labute approximate surface area is 128 Å². The summed E-state index contributed by atoms with van der Waals surface area (Å²) < 4.78 is 0. The van der Waals surface area contributed by atoms with Crippen molar-refractivity contribution in [1.82, 2.24) is 10.3 Å². The molecule has 1 N–H and O–H groups in total. The number of fused-ring (bicyclic) bond motifs is 1. The highest BCUT2D eigenvalue weighted by atomic mass is 16.6. The van der Waals surface area contributed by atoms with Gasteiger partial charge in [-0.1, -0.05) is 0 Å². The van der Waals surface area contributed by atoms with Crippen molar-refractivity contribution in [2.75, 3.05) is 31.1 Å². The van der Waals surface area contributed by atoms with E-state index in [1.807, 2.05) is 12.1 Å². The fourth-order valence-corrected chi connectivity index (χ4v) is 3.88. The topological polar surface area (TPSA) is 71.3 Å². The van der Waals surface area contributed by atoms with Crippen LogP contribution in [0.3, 0.4) is 0 Å². The molecule has 0 radical (unpaired) electrons. The third-order valence-corrected chi connectivity index (χ3v) is 5.08. The van der Waals surface area contributed by atoms with E-state index in [9.17, 15) is 10.1 Å². The standard InChI is InChI=1S/C16H18N4O2/c21-20(22)15-2-1-14(12-3-6-17-9-13(12)15)19-8-5-16(11-19)4-7-18-10-16/h1-3,6,9,18H,4-5,7-8,10-11H2. The van der Waals surface area contributed by atoms with Crippen molar-refractivity contribution in [3.63, 3.8) is 0 Å². The first kappa shape index (κ1) is 13.5. The highest BCUT2D eigenvalue weighted by molar-refractivity contribution is 5.99. The van der Waals surface area contributed by atoms with Gasteiger partial charge in [-0.05, 0) is 31.5 Å². The highest BCUT2D eigenvalue weighted by Crippen LogP contribution is 2.41. The molecule has 6 nitrogen and oxygen atoms in total. The van der Waals surface area contributed by atoms with E-state index in [0.29, 0.717) is 10.8 Å². The third kappa shape index (κ3) is 2.02. The molecule has 3 heterocycles. The van der Waals surface area contributed by atoms with Gasteiger partial charge in [-0.2, -0.15) is 0 Å². The molecule has 2 aliphatic rings. The average Bonchev–Trinajstić information content (AvgIpc) is 3.16. The van der Waals surface area contributed by atoms with E-state index in [2.05, 4.69) is 15.2 Å². The first-order chi connectivity index (χ1) is 10.7. The number of nitrogens with one attached hydrogen (secondary N) is 1. The zero-order chi connectivity index (χ0) is 15.2. The first-order valence-electron chi connectivity index (χ1n) is 7.65. The number of nitro groups is 1. The second-order valence-electron chi connectivity index (χ2n) is 6.38. The molecule has 0 saturated carbocycles. The molecule has 1 atom stereocenters. The Morgan fingerprint density at radius 3 is 2.95 bits per heavy atom. The summed E-state index contributed by atoms with van der Waals surface area (Å²) in [6.07, 6.45) is 5.71. The number of hydrogen-bond donors (Lipinski definition) is 1. The molecule has 1 spiro atoms. The summed E-state index contributed by atoms with van der Waals surface area (Å²) in [5, 5.41) is 16.2. The second kappa shape index (κ2) is 4.91. The van der Waals surface area contributed by atoms with E-state index < -0.39 is 0 Å². The van der Waals surface area contributed by atoms with Crippen molar-refractivity contribution in [2.24, 2.45) is 5.41 Å². The van der Waals surface area contributed by atoms with E-state index in [4.69, 9.17) is 0 Å². The number of aromatic nitrogens is 1. The summed E-state index contributed by atoms with van der Waals surface area (Å²) in [5.74, 6) is 0. The molecule has 1 aromatic heterocycles. The smallest absolute Gasteiger partial charge is 0.278 e. The van der Waals surface area contributed by atoms with Crippen LogP contribution in [0.1, 0.15) is 12.8 Å². The van der Waals surface area contributed by atoms with Crippen LogP contribution in [0.25, 0.3) is 10.8 Å². The van der Waals surface area contributed by atoms with Gasteiger partial charge in [0.05, 0.1) is 10.3 Å². The van der Waals surface area contributed by atoms with Crippen LogP contribution in [0.4, 0.5) is 11.4 Å². The SMILES string of the molecule is O=[N+]([O-])c1ccc(N2CCC3(CCNC3)C2)c2ccncc12. The minimum absolute atomic E-state index is 0.128.